The third kappa shape index (κ3) is 3.94. The lowest BCUT2D eigenvalue weighted by Crippen LogP contribution is -2.37. The Morgan fingerprint density at radius 1 is 1.05 bits per heavy atom. The molecule has 6 rings (SSSR count). The third-order valence-corrected chi connectivity index (χ3v) is 6.15. The van der Waals surface area contributed by atoms with Crippen molar-refractivity contribution in [1.82, 2.24) is 19.7 Å². The van der Waals surface area contributed by atoms with Gasteiger partial charge in [0, 0.05) is 23.9 Å². The predicted molar refractivity (Wildman–Crippen MR) is 132 cm³/mol. The van der Waals surface area contributed by atoms with Gasteiger partial charge in [-0.15, -0.1) is 8.78 Å². The van der Waals surface area contributed by atoms with Crippen molar-refractivity contribution in [2.45, 2.75) is 19.8 Å². The smallest absolute Gasteiger partial charge is 0.395 e. The quantitative estimate of drug-likeness (QED) is 0.383. The first-order chi connectivity index (χ1) is 17.8. The van der Waals surface area contributed by atoms with Crippen LogP contribution in [-0.4, -0.2) is 38.5 Å². The molecule has 2 aromatic heterocycles. The molecule has 0 spiro atoms. The number of anilines is 1. The summed E-state index contributed by atoms with van der Waals surface area (Å²) in [5.41, 5.74) is 1.61. The lowest BCUT2D eigenvalue weighted by atomic mass is 10.0. The van der Waals surface area contributed by atoms with E-state index in [4.69, 9.17) is 0 Å². The Bertz CT molecular complexity index is 1750. The molecule has 1 amide bonds. The fourth-order valence-electron chi connectivity index (χ4n) is 4.44. The number of amides is 1. The van der Waals surface area contributed by atoms with Crippen molar-refractivity contribution in [3.8, 4) is 22.8 Å². The highest BCUT2D eigenvalue weighted by Gasteiger charge is 2.43. The van der Waals surface area contributed by atoms with Gasteiger partial charge in [0.25, 0.3) is 5.56 Å². The molecule has 186 valence electrons. The van der Waals surface area contributed by atoms with E-state index in [-0.39, 0.29) is 30.1 Å². The number of likely N-dealkylation sites (N-methyl/N-ethyl adjacent to an activating group) is 1. The number of carbonyl (C=O) groups excluding carboxylic acids is 1. The van der Waals surface area contributed by atoms with Gasteiger partial charge in [-0.1, -0.05) is 36.4 Å². The maximum Gasteiger partial charge on any atom is 0.586 e. The number of carbonyl (C=O) groups is 1. The van der Waals surface area contributed by atoms with E-state index >= 15 is 0 Å². The van der Waals surface area contributed by atoms with E-state index in [2.05, 4.69) is 24.5 Å². The Morgan fingerprint density at radius 2 is 1.84 bits per heavy atom. The number of aromatic amines is 1. The number of ether oxygens (including phenoxy) is 2. The molecule has 3 aromatic carbocycles. The second kappa shape index (κ2) is 8.40. The minimum Gasteiger partial charge on any atom is -0.395 e. The lowest BCUT2D eigenvalue weighted by molar-refractivity contribution is -0.286. The molecule has 1 aliphatic rings. The summed E-state index contributed by atoms with van der Waals surface area (Å²) in [6.07, 6.45) is -2.36. The van der Waals surface area contributed by atoms with Gasteiger partial charge >= 0.3 is 6.29 Å². The molecule has 1 N–H and O–H groups in total. The number of hydrogen-bond acceptors (Lipinski definition) is 6. The molecule has 9 nitrogen and oxygen atoms in total. The van der Waals surface area contributed by atoms with Crippen LogP contribution in [0.2, 0.25) is 0 Å². The number of benzene rings is 3. The van der Waals surface area contributed by atoms with E-state index in [1.807, 2.05) is 42.5 Å². The van der Waals surface area contributed by atoms with Crippen LogP contribution >= 0.6 is 0 Å². The number of imidazole rings is 1. The van der Waals surface area contributed by atoms with Crippen molar-refractivity contribution >= 4 is 33.4 Å². The lowest BCUT2D eigenvalue weighted by Gasteiger charge is -2.21. The summed E-state index contributed by atoms with van der Waals surface area (Å²) in [5, 5.41) is 6.55. The van der Waals surface area contributed by atoms with Gasteiger partial charge in [0.15, 0.2) is 11.5 Å². The fourth-order valence-corrected chi connectivity index (χ4v) is 4.44. The molecule has 5 aromatic rings. The summed E-state index contributed by atoms with van der Waals surface area (Å²) in [6.45, 7) is 1.56. The molecule has 0 radical (unpaired) electrons. The van der Waals surface area contributed by atoms with Crippen LogP contribution in [0.5, 0.6) is 11.5 Å². The van der Waals surface area contributed by atoms with Crippen LogP contribution < -0.4 is 19.9 Å². The number of fused-ring (bicyclic) bond motifs is 3. The molecule has 0 unspecified atom stereocenters. The van der Waals surface area contributed by atoms with Crippen molar-refractivity contribution in [3.63, 3.8) is 0 Å². The molecular weight excluding hydrogens is 484 g/mol. The summed E-state index contributed by atoms with van der Waals surface area (Å²) in [7, 11) is 0. The number of halogens is 2. The Morgan fingerprint density at radius 3 is 2.65 bits per heavy atom. The minimum atomic E-state index is -3.77. The van der Waals surface area contributed by atoms with E-state index in [0.29, 0.717) is 16.9 Å². The van der Waals surface area contributed by atoms with Crippen molar-refractivity contribution in [3.05, 3.63) is 77.3 Å². The zero-order valence-electron chi connectivity index (χ0n) is 19.4. The highest BCUT2D eigenvalue weighted by molar-refractivity contribution is 5.95. The summed E-state index contributed by atoms with van der Waals surface area (Å²) < 4.78 is 36.9. The van der Waals surface area contributed by atoms with E-state index in [0.717, 1.165) is 21.0 Å². The number of alkyl halides is 2. The van der Waals surface area contributed by atoms with Crippen LogP contribution in [0, 0.1) is 0 Å². The monoisotopic (exact) mass is 503 g/mol. The van der Waals surface area contributed by atoms with E-state index < -0.39 is 17.8 Å². The zero-order chi connectivity index (χ0) is 25.7. The average molecular weight is 503 g/mol. The predicted octanol–water partition coefficient (Wildman–Crippen LogP) is 4.31. The summed E-state index contributed by atoms with van der Waals surface area (Å²) in [5.74, 6) is -0.771. The number of nitrogens with zero attached hydrogens (tertiary/aromatic N) is 4. The third-order valence-electron chi connectivity index (χ3n) is 6.15. The van der Waals surface area contributed by atoms with Crippen LogP contribution in [0.4, 0.5) is 14.5 Å². The van der Waals surface area contributed by atoms with Crippen LogP contribution in [0.25, 0.3) is 33.1 Å². The number of nitrogens with one attached hydrogen (secondary N) is 1. The van der Waals surface area contributed by atoms with Gasteiger partial charge in [0.1, 0.15) is 23.3 Å². The maximum atomic E-state index is 13.4. The largest absolute Gasteiger partial charge is 0.586 e. The molecule has 1 aliphatic heterocycles. The van der Waals surface area contributed by atoms with Gasteiger partial charge < -0.3 is 19.4 Å². The second-order valence-corrected chi connectivity index (χ2v) is 8.44. The molecule has 0 bridgehead atoms. The van der Waals surface area contributed by atoms with Crippen molar-refractivity contribution in [1.29, 1.82) is 0 Å². The highest BCUT2D eigenvalue weighted by Crippen LogP contribution is 2.42. The van der Waals surface area contributed by atoms with Gasteiger partial charge in [0.05, 0.1) is 6.33 Å². The standard InChI is InChI=1S/C26H19F2N5O4/c1-2-32(18-9-10-19-20(12-18)37-26(27,28)36-19)21(34)13-33-25(35)24-23(29-14-30-24)22(31-33)17-8-7-15-5-3-4-6-16(15)11-17/h3-12,14H,2,13H2,1H3,(H,29,30). The summed E-state index contributed by atoms with van der Waals surface area (Å²) in [4.78, 5) is 34.9. The van der Waals surface area contributed by atoms with E-state index in [9.17, 15) is 18.4 Å². The van der Waals surface area contributed by atoms with Gasteiger partial charge in [-0.3, -0.25) is 9.59 Å². The van der Waals surface area contributed by atoms with Crippen molar-refractivity contribution in [2.24, 2.45) is 0 Å². The Hall–Kier alpha value is -4.80. The molecule has 3 heterocycles. The first-order valence-electron chi connectivity index (χ1n) is 11.5. The fraction of sp³-hybridized carbons (Fsp3) is 0.154. The molecule has 0 atom stereocenters. The SMILES string of the molecule is CCN(C(=O)Cn1nc(-c2ccc3ccccc3c2)c2nc[nH]c2c1=O)c1ccc2c(c1)OC(F)(F)O2. The van der Waals surface area contributed by atoms with Crippen LogP contribution in [0.1, 0.15) is 6.92 Å². The number of H-pyrrole nitrogens is 1. The topological polar surface area (TPSA) is 102 Å². The molecule has 0 saturated heterocycles. The molecule has 0 fully saturated rings. The Balaban J connectivity index is 1.37. The molecule has 0 aliphatic carbocycles. The van der Waals surface area contributed by atoms with Crippen molar-refractivity contribution in [2.75, 3.05) is 11.4 Å². The number of aromatic nitrogens is 4. The Labute approximate surface area is 207 Å². The molecular formula is C26H19F2N5O4. The maximum absolute atomic E-state index is 13.4. The molecule has 37 heavy (non-hydrogen) atoms. The number of hydrogen-bond donors (Lipinski definition) is 1. The zero-order valence-corrected chi connectivity index (χ0v) is 19.4. The first kappa shape index (κ1) is 22.7. The summed E-state index contributed by atoms with van der Waals surface area (Å²) >= 11 is 0. The van der Waals surface area contributed by atoms with Crippen LogP contribution in [-0.2, 0) is 11.3 Å². The van der Waals surface area contributed by atoms with Crippen LogP contribution in [0.15, 0.2) is 71.8 Å². The normalized spacial score (nSPS) is 13.8. The molecule has 0 saturated carbocycles. The second-order valence-electron chi connectivity index (χ2n) is 8.44. The van der Waals surface area contributed by atoms with Gasteiger partial charge in [-0.25, -0.2) is 9.67 Å². The molecule has 11 heteroatoms. The van der Waals surface area contributed by atoms with Gasteiger partial charge in [-0.05, 0) is 35.9 Å². The first-order valence-corrected chi connectivity index (χ1v) is 11.5. The Kier molecular flexibility index (Phi) is 5.14. The average Bonchev–Trinajstić information content (AvgIpc) is 3.49. The van der Waals surface area contributed by atoms with Gasteiger partial charge in [0.2, 0.25) is 5.91 Å². The van der Waals surface area contributed by atoms with E-state index in [1.165, 1.54) is 29.4 Å². The summed E-state index contributed by atoms with van der Waals surface area (Å²) in [6, 6.07) is 17.7. The highest BCUT2D eigenvalue weighted by atomic mass is 19.3. The van der Waals surface area contributed by atoms with Crippen LogP contribution in [0.3, 0.4) is 0 Å². The number of rotatable bonds is 5. The van der Waals surface area contributed by atoms with Gasteiger partial charge in [-0.2, -0.15) is 5.10 Å². The minimum absolute atomic E-state index is 0.125. The van der Waals surface area contributed by atoms with Crippen molar-refractivity contribution < 1.29 is 23.0 Å². The van der Waals surface area contributed by atoms with E-state index in [1.54, 1.807) is 6.92 Å².